The number of halogens is 1. The lowest BCUT2D eigenvalue weighted by Crippen LogP contribution is -2.63. The lowest BCUT2D eigenvalue weighted by atomic mass is 9.69. The molecule has 0 bridgehead atoms. The quantitative estimate of drug-likeness (QED) is 0.255. The van der Waals surface area contributed by atoms with Gasteiger partial charge in [0.05, 0.1) is 17.7 Å². The van der Waals surface area contributed by atoms with Crippen molar-refractivity contribution in [3.8, 4) is 5.75 Å². The minimum Gasteiger partial charge on any atom is -0.508 e. The summed E-state index contributed by atoms with van der Waals surface area (Å²) >= 11 is 0. The van der Waals surface area contributed by atoms with Gasteiger partial charge in [0, 0.05) is 62.7 Å². The Morgan fingerprint density at radius 3 is 2.16 bits per heavy atom. The molecule has 5 amide bonds. The van der Waals surface area contributed by atoms with E-state index in [1.807, 2.05) is 52.3 Å². The maximum atomic E-state index is 16.3. The molecule has 3 saturated heterocycles. The molecule has 12 heteroatoms. The number of imide groups is 2. The van der Waals surface area contributed by atoms with E-state index in [-0.39, 0.29) is 65.2 Å². The first kappa shape index (κ1) is 36.5. The Bertz CT molecular complexity index is 2360. The fourth-order valence-corrected chi connectivity index (χ4v) is 10.6. The van der Waals surface area contributed by atoms with Gasteiger partial charge in [0.25, 0.3) is 11.8 Å². The molecule has 10 rings (SSSR count). The molecular formula is C46H44FN5O6. The Hall–Kier alpha value is -5.88. The second kappa shape index (κ2) is 13.9. The van der Waals surface area contributed by atoms with Crippen LogP contribution in [-0.2, 0) is 33.9 Å². The van der Waals surface area contributed by atoms with Crippen molar-refractivity contribution in [2.24, 2.45) is 5.41 Å². The summed E-state index contributed by atoms with van der Waals surface area (Å²) in [7, 11) is 0. The minimum absolute atomic E-state index is 0.0504. The zero-order chi connectivity index (χ0) is 39.9. The fourth-order valence-electron chi connectivity index (χ4n) is 10.6. The first-order valence-electron chi connectivity index (χ1n) is 20.3. The molecule has 3 fully saturated rings. The van der Waals surface area contributed by atoms with Gasteiger partial charge in [0.15, 0.2) is 0 Å². The molecule has 0 radical (unpaired) electrons. The SMILES string of the molecule is O=C1CC[C@@H](N2C(=O)c3cc4c(cc3C2=O)CN(CC(=O)N2CC3(CCN(c5ccc([C@@H]6c7ccc(O)cc7CC[C@@H]6c6ccccc6)c(F)c5)CC3)C2)C4)C(=O)N1. The van der Waals surface area contributed by atoms with E-state index in [2.05, 4.69) is 22.3 Å². The van der Waals surface area contributed by atoms with Crippen LogP contribution in [0.2, 0.25) is 0 Å². The number of nitrogens with zero attached hydrogens (tertiary/aromatic N) is 4. The van der Waals surface area contributed by atoms with Crippen LogP contribution >= 0.6 is 0 Å². The Balaban J connectivity index is 0.750. The summed E-state index contributed by atoms with van der Waals surface area (Å²) in [6, 6.07) is 23.9. The summed E-state index contributed by atoms with van der Waals surface area (Å²) in [5.41, 5.74) is 7.20. The highest BCUT2D eigenvalue weighted by molar-refractivity contribution is 6.23. The second-order valence-corrected chi connectivity index (χ2v) is 17.1. The van der Waals surface area contributed by atoms with E-state index in [9.17, 15) is 29.1 Å². The van der Waals surface area contributed by atoms with E-state index >= 15 is 4.39 Å². The third kappa shape index (κ3) is 6.16. The number of hydrogen-bond donors (Lipinski definition) is 2. The Kier molecular flexibility index (Phi) is 8.74. The minimum atomic E-state index is -1.01. The maximum Gasteiger partial charge on any atom is 0.262 e. The van der Waals surface area contributed by atoms with Gasteiger partial charge in [-0.25, -0.2) is 4.39 Å². The average Bonchev–Trinajstić information content (AvgIpc) is 3.71. The van der Waals surface area contributed by atoms with E-state index in [0.717, 1.165) is 71.6 Å². The molecule has 3 atom stereocenters. The molecule has 0 aromatic heterocycles. The first-order valence-corrected chi connectivity index (χ1v) is 20.3. The number of phenolic OH excluding ortho intramolecular Hbond substituents is 1. The number of hydrogen-bond acceptors (Lipinski definition) is 8. The largest absolute Gasteiger partial charge is 0.508 e. The van der Waals surface area contributed by atoms with Gasteiger partial charge >= 0.3 is 0 Å². The zero-order valence-electron chi connectivity index (χ0n) is 32.1. The molecule has 6 aliphatic rings. The number of fused-ring (bicyclic) bond motifs is 3. The van der Waals surface area contributed by atoms with Crippen molar-refractivity contribution < 1.29 is 33.5 Å². The average molecular weight is 782 g/mol. The summed E-state index contributed by atoms with van der Waals surface area (Å²) in [6.07, 6.45) is 3.69. The van der Waals surface area contributed by atoms with E-state index in [1.165, 1.54) is 5.56 Å². The van der Waals surface area contributed by atoms with Crippen LogP contribution in [0.25, 0.3) is 0 Å². The van der Waals surface area contributed by atoms with E-state index in [1.54, 1.807) is 24.3 Å². The lowest BCUT2D eigenvalue weighted by molar-refractivity contribution is -0.146. The Morgan fingerprint density at radius 1 is 0.793 bits per heavy atom. The van der Waals surface area contributed by atoms with Gasteiger partial charge in [-0.05, 0) is 108 Å². The number of carbonyl (C=O) groups is 5. The number of benzene rings is 4. The van der Waals surface area contributed by atoms with Crippen LogP contribution < -0.4 is 10.2 Å². The number of piperidine rings is 2. The smallest absolute Gasteiger partial charge is 0.262 e. The molecule has 4 aromatic carbocycles. The monoisotopic (exact) mass is 781 g/mol. The molecule has 2 N–H and O–H groups in total. The molecule has 11 nitrogen and oxygen atoms in total. The van der Waals surface area contributed by atoms with Crippen LogP contribution in [0.1, 0.15) is 98.0 Å². The van der Waals surface area contributed by atoms with Crippen LogP contribution in [0.5, 0.6) is 5.75 Å². The van der Waals surface area contributed by atoms with Crippen LogP contribution in [0.15, 0.2) is 78.9 Å². The first-order chi connectivity index (χ1) is 28.0. The third-order valence-corrected chi connectivity index (χ3v) is 13.6. The lowest BCUT2D eigenvalue weighted by Gasteiger charge is -2.54. The normalized spacial score (nSPS) is 23.7. The van der Waals surface area contributed by atoms with Gasteiger partial charge in [0.2, 0.25) is 17.7 Å². The van der Waals surface area contributed by atoms with Gasteiger partial charge in [0.1, 0.15) is 17.6 Å². The van der Waals surface area contributed by atoms with Crippen molar-refractivity contribution in [2.75, 3.05) is 37.6 Å². The van der Waals surface area contributed by atoms with Gasteiger partial charge in [-0.15, -0.1) is 0 Å². The van der Waals surface area contributed by atoms with Crippen LogP contribution in [0.3, 0.4) is 0 Å². The highest BCUT2D eigenvalue weighted by atomic mass is 19.1. The number of phenols is 1. The van der Waals surface area contributed by atoms with Gasteiger partial charge in [-0.3, -0.25) is 39.1 Å². The standard InChI is InChI=1S/C46H44FN5O6/c47-38-21-31(7-10-35(38)42-33(27-4-2-1-3-5-27)9-6-28-18-32(53)8-11-34(28)42)50-16-14-46(15-17-50)25-51(26-46)41(55)24-49-22-29-19-36-37(20-30(29)23-49)45(58)52(44(36)57)39-12-13-40(54)48-43(39)56/h1-5,7-8,10-11,18-21,33,39,42,53H,6,9,12-17,22-26H2,(H,48,54,56)/t33-,39-,42+/m1/s1. The number of aromatic hydroxyl groups is 1. The third-order valence-electron chi connectivity index (χ3n) is 13.6. The highest BCUT2D eigenvalue weighted by Crippen LogP contribution is 2.48. The molecule has 5 aliphatic heterocycles. The Morgan fingerprint density at radius 2 is 1.48 bits per heavy atom. The number of amides is 5. The topological polar surface area (TPSA) is 131 Å². The van der Waals surface area contributed by atoms with Crippen LogP contribution in [-0.4, -0.2) is 88.1 Å². The highest BCUT2D eigenvalue weighted by Gasteiger charge is 2.48. The number of aryl methyl sites for hydroxylation is 1. The molecule has 4 aromatic rings. The summed E-state index contributed by atoms with van der Waals surface area (Å²) in [6.45, 7) is 4.13. The van der Waals surface area contributed by atoms with Gasteiger partial charge in [-0.2, -0.15) is 0 Å². The molecule has 1 spiro atoms. The maximum absolute atomic E-state index is 16.3. The molecule has 0 saturated carbocycles. The zero-order valence-corrected chi connectivity index (χ0v) is 32.1. The second-order valence-electron chi connectivity index (χ2n) is 17.1. The summed E-state index contributed by atoms with van der Waals surface area (Å²) in [4.78, 5) is 71.3. The van der Waals surface area contributed by atoms with Crippen molar-refractivity contribution in [1.29, 1.82) is 0 Å². The van der Waals surface area contributed by atoms with E-state index < -0.39 is 29.7 Å². The van der Waals surface area contributed by atoms with Gasteiger partial charge < -0.3 is 14.9 Å². The number of rotatable bonds is 6. The molecule has 1 aliphatic carbocycles. The number of likely N-dealkylation sites (tertiary alicyclic amines) is 1. The Labute approximate surface area is 335 Å². The number of nitrogens with one attached hydrogen (secondary N) is 1. The summed E-state index contributed by atoms with van der Waals surface area (Å²) in [5.74, 6) is -2.08. The number of anilines is 1. The van der Waals surface area contributed by atoms with Crippen LogP contribution in [0, 0.1) is 11.2 Å². The summed E-state index contributed by atoms with van der Waals surface area (Å²) in [5, 5.41) is 12.4. The fraction of sp³-hybridized carbons (Fsp3) is 0.370. The van der Waals surface area contributed by atoms with Crippen molar-refractivity contribution in [3.63, 3.8) is 0 Å². The molecule has 5 heterocycles. The van der Waals surface area contributed by atoms with Crippen molar-refractivity contribution in [3.05, 3.63) is 129 Å². The van der Waals surface area contributed by atoms with Crippen LogP contribution in [0.4, 0.5) is 10.1 Å². The van der Waals surface area contributed by atoms with Crippen molar-refractivity contribution in [2.45, 2.75) is 69.5 Å². The molecule has 296 valence electrons. The molecule has 58 heavy (non-hydrogen) atoms. The van der Waals surface area contributed by atoms with Crippen molar-refractivity contribution >= 4 is 35.2 Å². The van der Waals surface area contributed by atoms with Crippen molar-refractivity contribution in [1.82, 2.24) is 20.0 Å². The van der Waals surface area contributed by atoms with Gasteiger partial charge in [-0.1, -0.05) is 42.5 Å². The predicted molar refractivity (Wildman–Crippen MR) is 212 cm³/mol. The summed E-state index contributed by atoms with van der Waals surface area (Å²) < 4.78 is 16.3. The van der Waals surface area contributed by atoms with E-state index in [0.29, 0.717) is 31.7 Å². The predicted octanol–water partition coefficient (Wildman–Crippen LogP) is 5.24. The van der Waals surface area contributed by atoms with E-state index in [4.69, 9.17) is 0 Å². The number of carbonyl (C=O) groups excluding carboxylic acids is 5. The molecule has 0 unspecified atom stereocenters. The molecular weight excluding hydrogens is 738 g/mol.